The number of rotatable bonds is 3. The molecule has 1 aromatic heterocycles. The van der Waals surface area contributed by atoms with Crippen LogP contribution in [0.2, 0.25) is 0 Å². The minimum Gasteiger partial charge on any atom is -0.298 e. The van der Waals surface area contributed by atoms with E-state index in [2.05, 4.69) is 20.9 Å². The molecule has 1 aromatic rings. The predicted octanol–water partition coefficient (Wildman–Crippen LogP) is 2.60. The van der Waals surface area contributed by atoms with Gasteiger partial charge in [-0.25, -0.2) is 8.78 Å². The van der Waals surface area contributed by atoms with Crippen molar-refractivity contribution in [2.75, 3.05) is 0 Å². The maximum absolute atomic E-state index is 12.7. The first-order valence-electron chi connectivity index (χ1n) is 3.86. The van der Waals surface area contributed by atoms with Crippen LogP contribution < -0.4 is 0 Å². The van der Waals surface area contributed by atoms with Gasteiger partial charge in [-0.05, 0) is 0 Å². The zero-order chi connectivity index (χ0) is 11.4. The Bertz CT molecular complexity index is 429. The Morgan fingerprint density at radius 1 is 1.67 bits per heavy atom. The second-order valence-electron chi connectivity index (χ2n) is 2.61. The van der Waals surface area contributed by atoms with Gasteiger partial charge in [-0.15, -0.1) is 0 Å². The molecule has 0 spiro atoms. The predicted molar refractivity (Wildman–Crippen MR) is 51.9 cm³/mol. The first-order valence-corrected chi connectivity index (χ1v) is 4.99. The van der Waals surface area contributed by atoms with Crippen LogP contribution in [0.25, 0.3) is 0 Å². The molecular formula is C9H5BrF2N2O. The molecule has 0 N–H and O–H groups in total. The highest BCUT2D eigenvalue weighted by Crippen LogP contribution is 2.28. The summed E-state index contributed by atoms with van der Waals surface area (Å²) in [5, 5.41) is 8.83. The molecule has 0 bridgehead atoms. The van der Waals surface area contributed by atoms with Gasteiger partial charge in [-0.1, -0.05) is 15.9 Å². The van der Waals surface area contributed by atoms with Gasteiger partial charge < -0.3 is 0 Å². The molecule has 1 rings (SSSR count). The second kappa shape index (κ2) is 4.94. The van der Waals surface area contributed by atoms with Crippen LogP contribution >= 0.6 is 15.9 Å². The van der Waals surface area contributed by atoms with Crippen LogP contribution in [0.1, 0.15) is 33.6 Å². The van der Waals surface area contributed by atoms with Crippen LogP contribution in [-0.2, 0) is 5.33 Å². The molecule has 78 valence electrons. The molecule has 0 saturated heterocycles. The summed E-state index contributed by atoms with van der Waals surface area (Å²) >= 11 is 2.99. The zero-order valence-corrected chi connectivity index (χ0v) is 8.96. The number of pyridine rings is 1. The molecule has 6 heteroatoms. The maximum atomic E-state index is 12.7. The number of nitriles is 1. The minimum absolute atomic E-state index is 0.0761. The number of hydrogen-bond donors (Lipinski definition) is 0. The number of carbonyl (C=O) groups is 1. The summed E-state index contributed by atoms with van der Waals surface area (Å²) in [5.41, 5.74) is -0.812. The average Bonchev–Trinajstić information content (AvgIpc) is 2.26. The van der Waals surface area contributed by atoms with Crippen LogP contribution in [0.3, 0.4) is 0 Å². The van der Waals surface area contributed by atoms with Gasteiger partial charge in [0.05, 0.1) is 22.4 Å². The summed E-state index contributed by atoms with van der Waals surface area (Å²) in [6, 6.07) is 1.60. The summed E-state index contributed by atoms with van der Waals surface area (Å²) in [7, 11) is 0. The fourth-order valence-electron chi connectivity index (χ4n) is 1.14. The highest BCUT2D eigenvalue weighted by Gasteiger charge is 2.21. The SMILES string of the molecule is N#Cc1c(C=O)cnc(CBr)c1C(F)F. The topological polar surface area (TPSA) is 53.8 Å². The van der Waals surface area contributed by atoms with Crippen molar-refractivity contribution in [2.45, 2.75) is 11.8 Å². The third kappa shape index (κ3) is 2.18. The van der Waals surface area contributed by atoms with Crippen molar-refractivity contribution in [3.05, 3.63) is 28.6 Å². The van der Waals surface area contributed by atoms with Gasteiger partial charge in [0.25, 0.3) is 6.43 Å². The van der Waals surface area contributed by atoms with Crippen molar-refractivity contribution >= 4 is 22.2 Å². The van der Waals surface area contributed by atoms with Crippen molar-refractivity contribution in [1.82, 2.24) is 4.98 Å². The summed E-state index contributed by atoms with van der Waals surface area (Å²) in [6.07, 6.45) is -1.36. The number of alkyl halides is 3. The Morgan fingerprint density at radius 2 is 2.33 bits per heavy atom. The van der Waals surface area contributed by atoms with Crippen molar-refractivity contribution in [3.63, 3.8) is 0 Å². The van der Waals surface area contributed by atoms with Crippen molar-refractivity contribution in [2.24, 2.45) is 0 Å². The number of nitrogens with zero attached hydrogens (tertiary/aromatic N) is 2. The lowest BCUT2D eigenvalue weighted by atomic mass is 10.0. The molecule has 0 aliphatic rings. The summed E-state index contributed by atoms with van der Waals surface area (Å²) < 4.78 is 25.3. The summed E-state index contributed by atoms with van der Waals surface area (Å²) in [5.74, 6) is 0. The van der Waals surface area contributed by atoms with Crippen molar-refractivity contribution < 1.29 is 13.6 Å². The van der Waals surface area contributed by atoms with E-state index in [9.17, 15) is 13.6 Å². The normalized spacial score (nSPS) is 10.1. The number of hydrogen-bond acceptors (Lipinski definition) is 3. The van der Waals surface area contributed by atoms with E-state index in [0.29, 0.717) is 6.29 Å². The van der Waals surface area contributed by atoms with Crippen LogP contribution in [0.5, 0.6) is 0 Å². The number of aromatic nitrogens is 1. The Hall–Kier alpha value is -1.35. The van der Waals surface area contributed by atoms with E-state index in [1.807, 2.05) is 0 Å². The molecule has 15 heavy (non-hydrogen) atoms. The van der Waals surface area contributed by atoms with Gasteiger partial charge in [0.1, 0.15) is 6.07 Å². The first-order chi connectivity index (χ1) is 7.15. The fraction of sp³-hybridized carbons (Fsp3) is 0.222. The molecule has 0 atom stereocenters. The molecule has 1 heterocycles. The molecule has 0 saturated carbocycles. The van der Waals surface area contributed by atoms with Gasteiger partial charge in [0.2, 0.25) is 0 Å². The molecule has 0 aliphatic heterocycles. The van der Waals surface area contributed by atoms with Crippen LogP contribution in [0.4, 0.5) is 8.78 Å². The van der Waals surface area contributed by atoms with Crippen LogP contribution in [0, 0.1) is 11.3 Å². The lowest BCUT2D eigenvalue weighted by Gasteiger charge is -2.08. The van der Waals surface area contributed by atoms with E-state index in [4.69, 9.17) is 5.26 Å². The van der Waals surface area contributed by atoms with E-state index >= 15 is 0 Å². The molecule has 0 aliphatic carbocycles. The van der Waals surface area contributed by atoms with Gasteiger partial charge in [-0.3, -0.25) is 9.78 Å². The van der Waals surface area contributed by atoms with Crippen molar-refractivity contribution in [1.29, 1.82) is 5.26 Å². The van der Waals surface area contributed by atoms with E-state index < -0.39 is 12.0 Å². The largest absolute Gasteiger partial charge is 0.298 e. The minimum atomic E-state index is -2.82. The van der Waals surface area contributed by atoms with Gasteiger partial charge >= 0.3 is 0 Å². The summed E-state index contributed by atoms with van der Waals surface area (Å²) in [4.78, 5) is 14.2. The first kappa shape index (κ1) is 11.7. The number of aldehydes is 1. The number of halogens is 3. The maximum Gasteiger partial charge on any atom is 0.266 e. The third-order valence-corrected chi connectivity index (χ3v) is 2.34. The zero-order valence-electron chi connectivity index (χ0n) is 7.38. The third-order valence-electron chi connectivity index (χ3n) is 1.81. The van der Waals surface area contributed by atoms with E-state index in [-0.39, 0.29) is 22.2 Å². The lowest BCUT2D eigenvalue weighted by Crippen LogP contribution is -2.03. The highest BCUT2D eigenvalue weighted by molar-refractivity contribution is 9.08. The average molecular weight is 275 g/mol. The standard InChI is InChI=1S/C9H5BrF2N2O/c10-1-7-8(9(11)12)6(2-13)5(4-15)3-14-7/h3-4,9H,1H2. The Labute approximate surface area is 92.9 Å². The molecule has 0 aromatic carbocycles. The van der Waals surface area contributed by atoms with Gasteiger partial charge in [0.15, 0.2) is 6.29 Å². The molecular weight excluding hydrogens is 270 g/mol. The molecule has 0 unspecified atom stereocenters. The van der Waals surface area contributed by atoms with E-state index in [0.717, 1.165) is 6.20 Å². The molecule has 0 amide bonds. The van der Waals surface area contributed by atoms with Crippen LogP contribution in [-0.4, -0.2) is 11.3 Å². The van der Waals surface area contributed by atoms with E-state index in [1.165, 1.54) is 0 Å². The summed E-state index contributed by atoms with van der Waals surface area (Å²) in [6.45, 7) is 0. The van der Waals surface area contributed by atoms with E-state index in [1.54, 1.807) is 6.07 Å². The Kier molecular flexibility index (Phi) is 3.86. The molecule has 0 radical (unpaired) electrons. The van der Waals surface area contributed by atoms with Crippen LogP contribution in [0.15, 0.2) is 6.20 Å². The van der Waals surface area contributed by atoms with Gasteiger partial charge in [0, 0.05) is 11.5 Å². The lowest BCUT2D eigenvalue weighted by molar-refractivity contribution is 0.112. The molecule has 3 nitrogen and oxygen atoms in total. The number of carbonyl (C=O) groups excluding carboxylic acids is 1. The quantitative estimate of drug-likeness (QED) is 0.629. The Balaban J connectivity index is 3.53. The van der Waals surface area contributed by atoms with Gasteiger partial charge in [-0.2, -0.15) is 5.26 Å². The fourth-order valence-corrected chi connectivity index (χ4v) is 1.58. The monoisotopic (exact) mass is 274 g/mol. The second-order valence-corrected chi connectivity index (χ2v) is 3.17. The smallest absolute Gasteiger partial charge is 0.266 e. The van der Waals surface area contributed by atoms with Crippen molar-refractivity contribution in [3.8, 4) is 6.07 Å². The highest BCUT2D eigenvalue weighted by atomic mass is 79.9. The Morgan fingerprint density at radius 3 is 2.73 bits per heavy atom. The molecule has 0 fully saturated rings.